The highest BCUT2D eigenvalue weighted by molar-refractivity contribution is 9.10. The fourth-order valence-corrected chi connectivity index (χ4v) is 3.90. The fourth-order valence-electron chi connectivity index (χ4n) is 3.33. The van der Waals surface area contributed by atoms with Crippen LogP contribution in [-0.4, -0.2) is 22.9 Å². The Labute approximate surface area is 189 Å². The van der Waals surface area contributed by atoms with Gasteiger partial charge in [0.15, 0.2) is 11.5 Å². The van der Waals surface area contributed by atoms with Crippen LogP contribution < -0.4 is 14.9 Å². The second-order valence-corrected chi connectivity index (χ2v) is 7.70. The molecule has 0 amide bonds. The van der Waals surface area contributed by atoms with Gasteiger partial charge in [0.1, 0.15) is 6.61 Å². The zero-order chi connectivity index (χ0) is 21.6. The minimum absolute atomic E-state index is 0.456. The molecule has 0 unspecified atom stereocenters. The zero-order valence-corrected chi connectivity index (χ0v) is 19.0. The molecule has 0 atom stereocenters. The minimum atomic E-state index is 0.456. The fraction of sp³-hybridized carbons (Fsp3) is 0.167. The van der Waals surface area contributed by atoms with Gasteiger partial charge in [-0.2, -0.15) is 5.10 Å². The summed E-state index contributed by atoms with van der Waals surface area (Å²) >= 11 is 3.59. The smallest absolute Gasteiger partial charge is 0.224 e. The molecule has 1 heterocycles. The Morgan fingerprint density at radius 1 is 1.10 bits per heavy atom. The third-order valence-corrected chi connectivity index (χ3v) is 5.42. The van der Waals surface area contributed by atoms with E-state index in [2.05, 4.69) is 49.0 Å². The van der Waals surface area contributed by atoms with E-state index < -0.39 is 0 Å². The van der Waals surface area contributed by atoms with Crippen LogP contribution in [0.1, 0.15) is 18.1 Å². The Morgan fingerprint density at radius 2 is 1.87 bits per heavy atom. The first-order chi connectivity index (χ1) is 15.2. The molecular weight excluding hydrogens is 456 g/mol. The molecule has 4 aromatic rings. The maximum Gasteiger partial charge on any atom is 0.224 e. The molecule has 0 spiro atoms. The van der Waals surface area contributed by atoms with E-state index in [1.807, 2.05) is 60.7 Å². The van der Waals surface area contributed by atoms with Crippen LogP contribution >= 0.6 is 15.9 Å². The van der Waals surface area contributed by atoms with Crippen molar-refractivity contribution in [2.45, 2.75) is 20.1 Å². The molecule has 0 aliphatic rings. The van der Waals surface area contributed by atoms with E-state index in [-0.39, 0.29) is 0 Å². The van der Waals surface area contributed by atoms with Crippen molar-refractivity contribution in [1.82, 2.24) is 9.55 Å². The van der Waals surface area contributed by atoms with E-state index in [4.69, 9.17) is 9.47 Å². The molecule has 158 valence electrons. The number of methoxy groups -OCH3 is 1. The first kappa shape index (κ1) is 20.9. The number of hydrogen-bond acceptors (Lipinski definition) is 5. The SMILES string of the molecule is CCn1c(N/N=C\c2cc(Br)c(OCc3ccccc3)c(OC)c2)nc2ccccc21. The normalized spacial score (nSPS) is 11.2. The van der Waals surface area contributed by atoms with Crippen molar-refractivity contribution in [3.05, 3.63) is 82.3 Å². The lowest BCUT2D eigenvalue weighted by Crippen LogP contribution is -2.02. The number of anilines is 1. The van der Waals surface area contributed by atoms with Crippen LogP contribution in [0, 0.1) is 0 Å². The number of halogens is 1. The van der Waals surface area contributed by atoms with Crippen LogP contribution in [0.3, 0.4) is 0 Å². The average molecular weight is 479 g/mol. The van der Waals surface area contributed by atoms with Crippen molar-refractivity contribution < 1.29 is 9.47 Å². The molecule has 7 heteroatoms. The van der Waals surface area contributed by atoms with Crippen LogP contribution in [0.2, 0.25) is 0 Å². The van der Waals surface area contributed by atoms with E-state index in [1.54, 1.807) is 13.3 Å². The number of nitrogens with zero attached hydrogens (tertiary/aromatic N) is 3. The van der Waals surface area contributed by atoms with Gasteiger partial charge in [0.05, 0.1) is 28.8 Å². The molecule has 0 fully saturated rings. The van der Waals surface area contributed by atoms with Gasteiger partial charge >= 0.3 is 0 Å². The Morgan fingerprint density at radius 3 is 2.65 bits per heavy atom. The molecule has 31 heavy (non-hydrogen) atoms. The van der Waals surface area contributed by atoms with Crippen molar-refractivity contribution in [3.63, 3.8) is 0 Å². The summed E-state index contributed by atoms with van der Waals surface area (Å²) in [6, 6.07) is 21.9. The largest absolute Gasteiger partial charge is 0.493 e. The number of benzene rings is 3. The molecule has 0 saturated carbocycles. The maximum absolute atomic E-state index is 5.99. The topological polar surface area (TPSA) is 60.7 Å². The summed E-state index contributed by atoms with van der Waals surface area (Å²) in [6.45, 7) is 3.34. The van der Waals surface area contributed by atoms with Gasteiger partial charge in [0.25, 0.3) is 0 Å². The summed E-state index contributed by atoms with van der Waals surface area (Å²) in [5, 5.41) is 4.38. The first-order valence-electron chi connectivity index (χ1n) is 9.98. The number of nitrogens with one attached hydrogen (secondary N) is 1. The molecule has 4 rings (SSSR count). The number of hydrogen-bond donors (Lipinski definition) is 1. The van der Waals surface area contributed by atoms with Gasteiger partial charge in [-0.25, -0.2) is 10.4 Å². The first-order valence-corrected chi connectivity index (χ1v) is 10.8. The highest BCUT2D eigenvalue weighted by Gasteiger charge is 2.12. The predicted molar refractivity (Wildman–Crippen MR) is 128 cm³/mol. The molecule has 0 radical (unpaired) electrons. The Balaban J connectivity index is 1.51. The molecular formula is C24H23BrN4O2. The second kappa shape index (κ2) is 9.66. The van der Waals surface area contributed by atoms with E-state index in [1.165, 1.54) is 0 Å². The third-order valence-electron chi connectivity index (χ3n) is 4.83. The molecule has 0 aliphatic heterocycles. The van der Waals surface area contributed by atoms with Gasteiger partial charge in [-0.05, 0) is 58.2 Å². The molecule has 0 bridgehead atoms. The van der Waals surface area contributed by atoms with E-state index in [0.29, 0.717) is 24.1 Å². The highest BCUT2D eigenvalue weighted by Crippen LogP contribution is 2.36. The summed E-state index contributed by atoms with van der Waals surface area (Å²) in [6.07, 6.45) is 1.73. The molecule has 1 aromatic heterocycles. The lowest BCUT2D eigenvalue weighted by atomic mass is 10.2. The van der Waals surface area contributed by atoms with Crippen molar-refractivity contribution in [2.24, 2.45) is 5.10 Å². The number of hydrazone groups is 1. The zero-order valence-electron chi connectivity index (χ0n) is 17.4. The molecule has 6 nitrogen and oxygen atoms in total. The van der Waals surface area contributed by atoms with Crippen molar-refractivity contribution in [1.29, 1.82) is 0 Å². The summed E-state index contributed by atoms with van der Waals surface area (Å²) in [5.74, 6) is 1.99. The van der Waals surface area contributed by atoms with Gasteiger partial charge in [0, 0.05) is 6.54 Å². The van der Waals surface area contributed by atoms with Crippen LogP contribution in [0.4, 0.5) is 5.95 Å². The lowest BCUT2D eigenvalue weighted by Gasteiger charge is -2.13. The Kier molecular flexibility index (Phi) is 6.52. The van der Waals surface area contributed by atoms with Crippen LogP contribution in [0.5, 0.6) is 11.5 Å². The molecule has 1 N–H and O–H groups in total. The van der Waals surface area contributed by atoms with E-state index in [0.717, 1.165) is 33.2 Å². The van der Waals surface area contributed by atoms with Crippen molar-refractivity contribution >= 4 is 39.1 Å². The summed E-state index contributed by atoms with van der Waals surface area (Å²) in [4.78, 5) is 4.62. The average Bonchev–Trinajstić information content (AvgIpc) is 3.16. The Bertz CT molecular complexity index is 1210. The van der Waals surface area contributed by atoms with Gasteiger partial charge < -0.3 is 14.0 Å². The number of rotatable bonds is 8. The Hall–Kier alpha value is -3.32. The van der Waals surface area contributed by atoms with Crippen LogP contribution in [-0.2, 0) is 13.2 Å². The summed E-state index contributed by atoms with van der Waals surface area (Å²) < 4.78 is 14.4. The second-order valence-electron chi connectivity index (χ2n) is 6.85. The number of aryl methyl sites for hydroxylation is 1. The monoisotopic (exact) mass is 478 g/mol. The molecule has 0 aliphatic carbocycles. The molecule has 0 saturated heterocycles. The third kappa shape index (κ3) is 4.72. The van der Waals surface area contributed by atoms with E-state index >= 15 is 0 Å². The predicted octanol–water partition coefficient (Wildman–Crippen LogP) is 5.85. The summed E-state index contributed by atoms with van der Waals surface area (Å²) in [5.41, 5.74) is 7.02. The van der Waals surface area contributed by atoms with Crippen molar-refractivity contribution in [3.8, 4) is 11.5 Å². The standard InChI is InChI=1S/C24H23BrN4O2/c1-3-29-21-12-8-7-11-20(21)27-24(29)28-26-15-18-13-19(25)23(22(14-18)30-2)31-16-17-9-5-4-6-10-17/h4-15H,3,16H2,1-2H3,(H,27,28)/b26-15-. The van der Waals surface area contributed by atoms with Crippen LogP contribution in [0.25, 0.3) is 11.0 Å². The highest BCUT2D eigenvalue weighted by atomic mass is 79.9. The number of fused-ring (bicyclic) bond motifs is 1. The number of imidazole rings is 1. The van der Waals surface area contributed by atoms with Gasteiger partial charge in [-0.3, -0.25) is 0 Å². The minimum Gasteiger partial charge on any atom is -0.493 e. The van der Waals surface area contributed by atoms with Gasteiger partial charge in [-0.1, -0.05) is 42.5 Å². The lowest BCUT2D eigenvalue weighted by molar-refractivity contribution is 0.282. The number of aromatic nitrogens is 2. The molecule has 3 aromatic carbocycles. The van der Waals surface area contributed by atoms with Crippen LogP contribution in [0.15, 0.2) is 76.3 Å². The maximum atomic E-state index is 5.99. The number of ether oxygens (including phenoxy) is 2. The number of para-hydroxylation sites is 2. The van der Waals surface area contributed by atoms with Gasteiger partial charge in [0.2, 0.25) is 5.95 Å². The van der Waals surface area contributed by atoms with E-state index in [9.17, 15) is 0 Å². The quantitative estimate of drug-likeness (QED) is 0.254. The van der Waals surface area contributed by atoms with Gasteiger partial charge in [-0.15, -0.1) is 0 Å². The summed E-state index contributed by atoms with van der Waals surface area (Å²) in [7, 11) is 1.62. The van der Waals surface area contributed by atoms with Crippen molar-refractivity contribution in [2.75, 3.05) is 12.5 Å².